The fraction of sp³-hybridized carbons (Fsp3) is 0.826. The molecule has 2 N–H and O–H groups in total. The first-order chi connectivity index (χ1) is 29.2. The summed E-state index contributed by atoms with van der Waals surface area (Å²) in [5, 5.41) is 5.75. The third kappa shape index (κ3) is 15.5. The van der Waals surface area contributed by atoms with E-state index >= 15 is 0 Å². The Kier molecular flexibility index (Phi) is 25.0. The van der Waals surface area contributed by atoms with Crippen molar-refractivity contribution in [1.82, 2.24) is 40.0 Å². The third-order valence-electron chi connectivity index (χ3n) is 13.0. The van der Waals surface area contributed by atoms with E-state index in [0.717, 1.165) is 51.4 Å². The van der Waals surface area contributed by atoms with Crippen molar-refractivity contribution in [1.29, 1.82) is 0 Å². The fourth-order valence-corrected chi connectivity index (χ4v) is 7.74. The number of likely N-dealkylation sites (N-methyl/N-ethyl adjacent to an activating group) is 6. The smallest absolute Gasteiger partial charge is 0.245 e. The molecule has 0 radical (unpaired) electrons. The summed E-state index contributed by atoms with van der Waals surface area (Å²) in [4.78, 5) is 121. The molecule has 0 aromatic rings. The molecule has 8 atom stereocenters. The first-order valence-corrected chi connectivity index (χ1v) is 23.4. The van der Waals surface area contributed by atoms with Gasteiger partial charge >= 0.3 is 0 Å². The third-order valence-corrected chi connectivity index (χ3v) is 13.0. The highest BCUT2D eigenvalue weighted by molar-refractivity contribution is 5.98. The van der Waals surface area contributed by atoms with Gasteiger partial charge in [0.05, 0.1) is 0 Å². The molecule has 16 nitrogen and oxygen atoms in total. The first kappa shape index (κ1) is 55.8. The molecule has 16 heteroatoms. The Morgan fingerprint density at radius 3 is 0.871 bits per heavy atom. The number of carbonyl (C=O) groups excluding carboxylic acids is 8. The van der Waals surface area contributed by atoms with Crippen LogP contribution in [0.25, 0.3) is 0 Å². The molecule has 1 rings (SSSR count). The molecule has 0 unspecified atom stereocenters. The van der Waals surface area contributed by atoms with Gasteiger partial charge in [-0.15, -0.1) is 0 Å². The second-order valence-electron chi connectivity index (χ2n) is 17.5. The average molecular weight is 877 g/mol. The van der Waals surface area contributed by atoms with Gasteiger partial charge in [0.15, 0.2) is 0 Å². The van der Waals surface area contributed by atoms with E-state index in [9.17, 15) is 38.4 Å². The summed E-state index contributed by atoms with van der Waals surface area (Å²) in [5.41, 5.74) is 0. The van der Waals surface area contributed by atoms with Gasteiger partial charge in [-0.1, -0.05) is 105 Å². The standard InChI is InChI=1S/C46H84N8O8/c1-15-19-23-27-35-43(59)51(11)33(7)41(57)53(13)38(30-26-22-18-4)46(62)50(10)32(6)40(56)48-36(28-24-20-16-2)44(60)52(12)34(8)42(58)54(14)37(29-25-21-17-3)45(61)49(9)31(5)39(55)47-35/h31-38H,15-30H2,1-14H3,(H,47,55)(H,48,56)/t31-,32-,33-,34-,35+,36+,37+,38+/m1/s1. The largest absolute Gasteiger partial charge is 0.343 e. The van der Waals surface area contributed by atoms with Crippen molar-refractivity contribution in [2.45, 2.75) is 206 Å². The van der Waals surface area contributed by atoms with Crippen molar-refractivity contribution in [2.75, 3.05) is 42.3 Å². The average Bonchev–Trinajstić information content (AvgIpc) is 3.26. The van der Waals surface area contributed by atoms with Gasteiger partial charge in [-0.05, 0) is 53.4 Å². The SMILES string of the molecule is CCCCC[C@@H]1NC(=O)[C@@H](C)N(C)C(=O)[C@H](CCCCC)N(C)C(=O)[C@@H](C)N(C)C(=O)[C@H](CCCCC)NC(=O)[C@@H](C)N(C)C(=O)[C@H](CCCCC)N(C)C(=O)[C@@H](C)N(C)C1=O. The van der Waals surface area contributed by atoms with E-state index in [0.29, 0.717) is 51.4 Å². The van der Waals surface area contributed by atoms with Gasteiger partial charge in [0.2, 0.25) is 47.3 Å². The van der Waals surface area contributed by atoms with Crippen LogP contribution in [0, 0.1) is 0 Å². The lowest BCUT2D eigenvalue weighted by Gasteiger charge is -2.38. The summed E-state index contributed by atoms with van der Waals surface area (Å²) in [6.07, 6.45) is 10.5. The van der Waals surface area contributed by atoms with Crippen LogP contribution in [0.2, 0.25) is 0 Å². The molecule has 0 saturated carbocycles. The van der Waals surface area contributed by atoms with Gasteiger partial charge in [-0.25, -0.2) is 0 Å². The predicted molar refractivity (Wildman–Crippen MR) is 242 cm³/mol. The van der Waals surface area contributed by atoms with Gasteiger partial charge in [0, 0.05) is 42.3 Å². The molecule has 0 aliphatic carbocycles. The van der Waals surface area contributed by atoms with E-state index in [4.69, 9.17) is 0 Å². The maximum atomic E-state index is 14.3. The number of hydrogen-bond donors (Lipinski definition) is 2. The monoisotopic (exact) mass is 877 g/mol. The topological polar surface area (TPSA) is 180 Å². The number of nitrogens with zero attached hydrogens (tertiary/aromatic N) is 6. The molecule has 62 heavy (non-hydrogen) atoms. The molecule has 1 heterocycles. The van der Waals surface area contributed by atoms with Crippen molar-refractivity contribution in [3.05, 3.63) is 0 Å². The van der Waals surface area contributed by atoms with Crippen molar-refractivity contribution in [3.8, 4) is 0 Å². The number of rotatable bonds is 16. The number of unbranched alkanes of at least 4 members (excludes halogenated alkanes) is 8. The van der Waals surface area contributed by atoms with E-state index in [1.807, 2.05) is 27.7 Å². The number of amides is 8. The molecule has 356 valence electrons. The van der Waals surface area contributed by atoms with E-state index in [1.54, 1.807) is 27.7 Å². The molecule has 8 amide bonds. The Morgan fingerprint density at radius 2 is 0.597 bits per heavy atom. The first-order valence-electron chi connectivity index (χ1n) is 23.4. The second-order valence-corrected chi connectivity index (χ2v) is 17.5. The maximum Gasteiger partial charge on any atom is 0.245 e. The summed E-state index contributed by atoms with van der Waals surface area (Å²) in [6, 6.07) is -8.05. The summed E-state index contributed by atoms with van der Waals surface area (Å²) in [6.45, 7) is 14.4. The van der Waals surface area contributed by atoms with Gasteiger partial charge in [0.25, 0.3) is 0 Å². The molecular weight excluding hydrogens is 793 g/mol. The van der Waals surface area contributed by atoms with Crippen LogP contribution < -0.4 is 10.6 Å². The molecule has 1 fully saturated rings. The highest BCUT2D eigenvalue weighted by atomic mass is 16.2. The lowest BCUT2D eigenvalue weighted by Crippen LogP contribution is -2.61. The zero-order valence-corrected chi connectivity index (χ0v) is 40.9. The van der Waals surface area contributed by atoms with Crippen LogP contribution in [0.1, 0.15) is 158 Å². The molecule has 0 spiro atoms. The minimum Gasteiger partial charge on any atom is -0.343 e. The normalized spacial score (nSPS) is 26.6. The van der Waals surface area contributed by atoms with Crippen LogP contribution in [0.3, 0.4) is 0 Å². The van der Waals surface area contributed by atoms with Crippen LogP contribution >= 0.6 is 0 Å². The van der Waals surface area contributed by atoms with Crippen molar-refractivity contribution in [2.24, 2.45) is 0 Å². The van der Waals surface area contributed by atoms with E-state index in [1.165, 1.54) is 71.7 Å². The van der Waals surface area contributed by atoms with Crippen LogP contribution in [-0.2, 0) is 38.4 Å². The molecule has 1 aliphatic heterocycles. The van der Waals surface area contributed by atoms with Crippen molar-refractivity contribution < 1.29 is 38.4 Å². The fourth-order valence-electron chi connectivity index (χ4n) is 7.74. The number of hydrogen-bond acceptors (Lipinski definition) is 8. The highest BCUT2D eigenvalue weighted by Crippen LogP contribution is 2.20. The Hall–Kier alpha value is -4.24. The van der Waals surface area contributed by atoms with Gasteiger partial charge in [-0.3, -0.25) is 38.4 Å². The van der Waals surface area contributed by atoms with Gasteiger partial charge < -0.3 is 40.0 Å². The molecule has 1 saturated heterocycles. The Bertz CT molecular complexity index is 1390. The maximum absolute atomic E-state index is 14.3. The zero-order valence-electron chi connectivity index (χ0n) is 40.9. The van der Waals surface area contributed by atoms with E-state index < -0.39 is 95.6 Å². The van der Waals surface area contributed by atoms with Crippen LogP contribution in [0.4, 0.5) is 0 Å². The highest BCUT2D eigenvalue weighted by Gasteiger charge is 2.40. The van der Waals surface area contributed by atoms with Crippen LogP contribution in [0.15, 0.2) is 0 Å². The zero-order chi connectivity index (χ0) is 47.4. The summed E-state index contributed by atoms with van der Waals surface area (Å²) >= 11 is 0. The Morgan fingerprint density at radius 1 is 0.339 bits per heavy atom. The molecule has 1 aliphatic rings. The number of carbonyl (C=O) groups is 8. The van der Waals surface area contributed by atoms with Crippen LogP contribution in [-0.4, -0.2) is 167 Å². The molecule has 0 aromatic carbocycles. The summed E-state index contributed by atoms with van der Waals surface area (Å²) in [7, 11) is 9.04. The Labute approximate surface area is 373 Å². The quantitative estimate of drug-likeness (QED) is 0.215. The minimum atomic E-state index is -1.04. The van der Waals surface area contributed by atoms with Crippen molar-refractivity contribution in [3.63, 3.8) is 0 Å². The van der Waals surface area contributed by atoms with Gasteiger partial charge in [-0.2, -0.15) is 0 Å². The lowest BCUT2D eigenvalue weighted by molar-refractivity contribution is -0.153. The Balaban J connectivity index is 3.95. The second kappa shape index (κ2) is 27.7. The predicted octanol–water partition coefficient (Wildman–Crippen LogP) is 4.33. The molecular formula is C46H84N8O8. The lowest BCUT2D eigenvalue weighted by atomic mass is 10.0. The number of nitrogens with one attached hydrogen (secondary N) is 2. The molecule has 0 bridgehead atoms. The minimum absolute atomic E-state index is 0.299. The van der Waals surface area contributed by atoms with Crippen LogP contribution in [0.5, 0.6) is 0 Å². The summed E-state index contributed by atoms with van der Waals surface area (Å²) in [5.74, 6) is -4.00. The van der Waals surface area contributed by atoms with E-state index in [-0.39, 0.29) is 0 Å². The summed E-state index contributed by atoms with van der Waals surface area (Å²) < 4.78 is 0. The van der Waals surface area contributed by atoms with Gasteiger partial charge in [0.1, 0.15) is 48.3 Å². The molecule has 0 aromatic heterocycles. The van der Waals surface area contributed by atoms with Crippen molar-refractivity contribution >= 4 is 47.3 Å². The van der Waals surface area contributed by atoms with E-state index in [2.05, 4.69) is 10.6 Å².